The Balaban J connectivity index is 0.00000245. The number of hydrogen-bond donors (Lipinski definition) is 2. The maximum absolute atomic E-state index is 5.73. The van der Waals surface area contributed by atoms with Gasteiger partial charge < -0.3 is 10.1 Å². The average molecular weight is 450 g/mol. The van der Waals surface area contributed by atoms with Crippen LogP contribution in [0.4, 0.5) is 0 Å². The van der Waals surface area contributed by atoms with Gasteiger partial charge in [0.05, 0.1) is 0 Å². The molecule has 1 saturated carbocycles. The molecule has 1 aromatic heterocycles. The van der Waals surface area contributed by atoms with Crippen LogP contribution in [0.25, 0.3) is 10.8 Å². The molecule has 166 valence electrons. The molecule has 0 amide bonds. The van der Waals surface area contributed by atoms with Crippen LogP contribution in [-0.4, -0.2) is 26.7 Å². The molecule has 1 aliphatic carbocycles. The molecule has 4 aromatic rings. The first-order chi connectivity index (χ1) is 15.3. The summed E-state index contributed by atoms with van der Waals surface area (Å²) in [5.41, 5.74) is 2.76. The highest BCUT2D eigenvalue weighted by molar-refractivity contribution is 5.86. The predicted molar refractivity (Wildman–Crippen MR) is 128 cm³/mol. The SMILES string of the molecule is C[C@@H](N[C@H]1CC[C@@H](c2ccc(OCc3nn[nH]n3)cc2)C1)c1cccc2ccccc12.Cl. The minimum atomic E-state index is 0. The van der Waals surface area contributed by atoms with Crippen LogP contribution in [0.1, 0.15) is 55.1 Å². The Morgan fingerprint density at radius 1 is 1.03 bits per heavy atom. The Kier molecular flexibility index (Phi) is 7.02. The van der Waals surface area contributed by atoms with E-state index >= 15 is 0 Å². The number of H-pyrrole nitrogens is 1. The highest BCUT2D eigenvalue weighted by Gasteiger charge is 2.27. The molecule has 6 nitrogen and oxygen atoms in total. The van der Waals surface area contributed by atoms with Gasteiger partial charge in [0.2, 0.25) is 5.82 Å². The van der Waals surface area contributed by atoms with Crippen LogP contribution in [0.3, 0.4) is 0 Å². The van der Waals surface area contributed by atoms with Crippen molar-refractivity contribution in [3.63, 3.8) is 0 Å². The quantitative estimate of drug-likeness (QED) is 0.398. The summed E-state index contributed by atoms with van der Waals surface area (Å²) in [6, 6.07) is 24.6. The zero-order valence-electron chi connectivity index (χ0n) is 18.1. The van der Waals surface area contributed by atoms with E-state index in [2.05, 4.69) is 87.5 Å². The van der Waals surface area contributed by atoms with Gasteiger partial charge in [-0.25, -0.2) is 0 Å². The molecule has 1 fully saturated rings. The number of tetrazole rings is 1. The van der Waals surface area contributed by atoms with Crippen LogP contribution in [-0.2, 0) is 6.61 Å². The summed E-state index contributed by atoms with van der Waals surface area (Å²) in [5.74, 6) is 1.96. The van der Waals surface area contributed by atoms with E-state index in [0.29, 0.717) is 30.4 Å². The second-order valence-corrected chi connectivity index (χ2v) is 8.35. The van der Waals surface area contributed by atoms with Crippen molar-refractivity contribution in [2.24, 2.45) is 0 Å². The second-order valence-electron chi connectivity index (χ2n) is 8.35. The molecule has 7 heteroatoms. The van der Waals surface area contributed by atoms with E-state index in [1.165, 1.54) is 34.7 Å². The molecular weight excluding hydrogens is 422 g/mol. The number of hydrogen-bond acceptors (Lipinski definition) is 5. The lowest BCUT2D eigenvalue weighted by Crippen LogP contribution is -2.29. The predicted octanol–water partition coefficient (Wildman–Crippen LogP) is 5.34. The van der Waals surface area contributed by atoms with Crippen LogP contribution < -0.4 is 10.1 Å². The first-order valence-electron chi connectivity index (χ1n) is 10.9. The summed E-state index contributed by atoms with van der Waals surface area (Å²) in [7, 11) is 0. The van der Waals surface area contributed by atoms with E-state index in [4.69, 9.17) is 4.74 Å². The van der Waals surface area contributed by atoms with E-state index in [9.17, 15) is 0 Å². The van der Waals surface area contributed by atoms with Gasteiger partial charge in [-0.1, -0.05) is 59.8 Å². The molecule has 3 aromatic carbocycles. The number of benzene rings is 3. The number of aromatic nitrogens is 4. The minimum Gasteiger partial charge on any atom is -0.485 e. The Labute approximate surface area is 194 Å². The van der Waals surface area contributed by atoms with Crippen molar-refractivity contribution < 1.29 is 4.74 Å². The summed E-state index contributed by atoms with van der Waals surface area (Å²) >= 11 is 0. The third-order valence-electron chi connectivity index (χ3n) is 6.32. The normalized spacial score (nSPS) is 18.9. The largest absolute Gasteiger partial charge is 0.485 e. The lowest BCUT2D eigenvalue weighted by Gasteiger charge is -2.21. The summed E-state index contributed by atoms with van der Waals surface area (Å²) in [5, 5.41) is 20.3. The molecular formula is C25H28ClN5O. The molecule has 32 heavy (non-hydrogen) atoms. The lowest BCUT2D eigenvalue weighted by atomic mass is 9.96. The van der Waals surface area contributed by atoms with Crippen LogP contribution in [0.2, 0.25) is 0 Å². The van der Waals surface area contributed by atoms with Crippen LogP contribution in [0.15, 0.2) is 66.7 Å². The lowest BCUT2D eigenvalue weighted by molar-refractivity contribution is 0.296. The van der Waals surface area contributed by atoms with Gasteiger partial charge >= 0.3 is 0 Å². The van der Waals surface area contributed by atoms with Crippen molar-refractivity contribution in [2.45, 2.75) is 50.8 Å². The van der Waals surface area contributed by atoms with E-state index in [1.807, 2.05) is 12.1 Å². The van der Waals surface area contributed by atoms with Crippen molar-refractivity contribution in [2.75, 3.05) is 0 Å². The summed E-state index contributed by atoms with van der Waals surface area (Å²) < 4.78 is 5.73. The standard InChI is InChI=1S/C25H27N5O.ClH/c1-17(23-8-4-6-19-5-2-3-7-24(19)23)26-21-12-9-20(15-21)18-10-13-22(14-11-18)31-16-25-27-29-30-28-25;/h2-8,10-11,13-14,17,20-21,26H,9,12,15-16H2,1H3,(H,27,28,29,30);1H/t17-,20-,21+;/m1./s1. The van der Waals surface area contributed by atoms with Crippen molar-refractivity contribution in [3.05, 3.63) is 83.7 Å². The average Bonchev–Trinajstić information content (AvgIpc) is 3.50. The molecule has 1 aliphatic rings. The molecule has 0 radical (unpaired) electrons. The van der Waals surface area contributed by atoms with Crippen LogP contribution in [0, 0.1) is 0 Å². The number of rotatable bonds is 7. The summed E-state index contributed by atoms with van der Waals surface area (Å²) in [4.78, 5) is 0. The fourth-order valence-electron chi connectivity index (χ4n) is 4.73. The molecule has 1 heterocycles. The molecule has 0 unspecified atom stereocenters. The van der Waals surface area contributed by atoms with Gasteiger partial charge in [0.25, 0.3) is 0 Å². The fraction of sp³-hybridized carbons (Fsp3) is 0.320. The van der Waals surface area contributed by atoms with Crippen LogP contribution >= 0.6 is 12.4 Å². The zero-order valence-corrected chi connectivity index (χ0v) is 18.9. The number of halogens is 1. The number of aromatic amines is 1. The van der Waals surface area contributed by atoms with Crippen molar-refractivity contribution in [1.82, 2.24) is 25.9 Å². The highest BCUT2D eigenvalue weighted by atomic mass is 35.5. The van der Waals surface area contributed by atoms with Crippen LogP contribution in [0.5, 0.6) is 5.75 Å². The maximum atomic E-state index is 5.73. The van der Waals surface area contributed by atoms with E-state index in [-0.39, 0.29) is 12.4 Å². The third-order valence-corrected chi connectivity index (χ3v) is 6.32. The monoisotopic (exact) mass is 449 g/mol. The minimum absolute atomic E-state index is 0. The maximum Gasteiger partial charge on any atom is 0.211 e. The Bertz CT molecular complexity index is 1130. The van der Waals surface area contributed by atoms with Gasteiger partial charge in [-0.3, -0.25) is 0 Å². The Morgan fingerprint density at radius 2 is 1.84 bits per heavy atom. The zero-order chi connectivity index (χ0) is 21.0. The van der Waals surface area contributed by atoms with Gasteiger partial charge in [0, 0.05) is 12.1 Å². The number of ether oxygens (including phenoxy) is 1. The van der Waals surface area contributed by atoms with E-state index in [0.717, 1.165) is 12.2 Å². The van der Waals surface area contributed by atoms with Gasteiger partial charge in [-0.05, 0) is 66.1 Å². The van der Waals surface area contributed by atoms with Gasteiger partial charge in [0.1, 0.15) is 5.75 Å². The molecule has 0 bridgehead atoms. The van der Waals surface area contributed by atoms with Crippen molar-refractivity contribution in [3.8, 4) is 5.75 Å². The molecule has 0 aliphatic heterocycles. The molecule has 5 rings (SSSR count). The topological polar surface area (TPSA) is 75.7 Å². The molecule has 0 spiro atoms. The van der Waals surface area contributed by atoms with Crippen molar-refractivity contribution in [1.29, 1.82) is 0 Å². The fourth-order valence-corrected chi connectivity index (χ4v) is 4.73. The molecule has 0 saturated heterocycles. The first kappa shape index (κ1) is 22.2. The smallest absolute Gasteiger partial charge is 0.211 e. The summed E-state index contributed by atoms with van der Waals surface area (Å²) in [6.07, 6.45) is 3.58. The van der Waals surface area contributed by atoms with Gasteiger partial charge in [-0.15, -0.1) is 22.6 Å². The first-order valence-corrected chi connectivity index (χ1v) is 10.9. The van der Waals surface area contributed by atoms with E-state index in [1.54, 1.807) is 0 Å². The second kappa shape index (κ2) is 10.1. The number of nitrogens with zero attached hydrogens (tertiary/aromatic N) is 3. The Morgan fingerprint density at radius 3 is 2.66 bits per heavy atom. The molecule has 3 atom stereocenters. The van der Waals surface area contributed by atoms with Gasteiger partial charge in [0.15, 0.2) is 6.61 Å². The van der Waals surface area contributed by atoms with E-state index < -0.39 is 0 Å². The number of nitrogens with one attached hydrogen (secondary N) is 2. The third kappa shape index (κ3) is 4.92. The van der Waals surface area contributed by atoms with Crippen molar-refractivity contribution >= 4 is 23.2 Å². The number of fused-ring (bicyclic) bond motifs is 1. The van der Waals surface area contributed by atoms with Gasteiger partial charge in [-0.2, -0.15) is 5.21 Å². The Hall–Kier alpha value is -2.96. The highest BCUT2D eigenvalue weighted by Crippen LogP contribution is 2.36. The summed E-state index contributed by atoms with van der Waals surface area (Å²) in [6.45, 7) is 2.60. The molecule has 2 N–H and O–H groups in total.